The zero-order valence-electron chi connectivity index (χ0n) is 10.0. The van der Waals surface area contributed by atoms with Gasteiger partial charge in [-0.1, -0.05) is 39.1 Å². The van der Waals surface area contributed by atoms with Crippen molar-refractivity contribution in [2.24, 2.45) is 0 Å². The van der Waals surface area contributed by atoms with E-state index in [2.05, 4.69) is 20.7 Å². The van der Waals surface area contributed by atoms with Gasteiger partial charge in [0.15, 0.2) is 11.6 Å². The fraction of sp³-hybridized carbons (Fsp3) is 0. The van der Waals surface area contributed by atoms with Gasteiger partial charge in [0.1, 0.15) is 4.90 Å². The van der Waals surface area contributed by atoms with Crippen molar-refractivity contribution in [3.63, 3.8) is 0 Å². The SMILES string of the molecule is O=S(=O)(Nc1ccc(F)c(F)c1)c1c(Cl)cc(Br)cc1Cl. The van der Waals surface area contributed by atoms with Crippen molar-refractivity contribution in [1.29, 1.82) is 0 Å². The molecular weight excluding hydrogens is 411 g/mol. The number of sulfonamides is 1. The lowest BCUT2D eigenvalue weighted by Crippen LogP contribution is -2.14. The van der Waals surface area contributed by atoms with Crippen LogP contribution in [0.5, 0.6) is 0 Å². The predicted molar refractivity (Wildman–Crippen MR) is 81.3 cm³/mol. The maximum atomic E-state index is 13.1. The topological polar surface area (TPSA) is 46.2 Å². The lowest BCUT2D eigenvalue weighted by atomic mass is 10.3. The van der Waals surface area contributed by atoms with E-state index < -0.39 is 21.7 Å². The minimum atomic E-state index is -4.14. The first-order valence-electron chi connectivity index (χ1n) is 5.33. The lowest BCUT2D eigenvalue weighted by Gasteiger charge is -2.11. The highest BCUT2D eigenvalue weighted by molar-refractivity contribution is 9.10. The largest absolute Gasteiger partial charge is 0.279 e. The molecule has 21 heavy (non-hydrogen) atoms. The van der Waals surface area contributed by atoms with E-state index in [0.717, 1.165) is 12.1 Å². The van der Waals surface area contributed by atoms with Crippen molar-refractivity contribution in [2.75, 3.05) is 4.72 Å². The molecule has 0 saturated heterocycles. The summed E-state index contributed by atoms with van der Waals surface area (Å²) in [7, 11) is -4.14. The van der Waals surface area contributed by atoms with E-state index in [-0.39, 0.29) is 20.6 Å². The van der Waals surface area contributed by atoms with Crippen LogP contribution in [0.3, 0.4) is 0 Å². The molecule has 0 bridgehead atoms. The number of nitrogens with one attached hydrogen (secondary N) is 1. The van der Waals surface area contributed by atoms with Gasteiger partial charge >= 0.3 is 0 Å². The zero-order valence-corrected chi connectivity index (χ0v) is 13.9. The molecule has 2 aromatic carbocycles. The van der Waals surface area contributed by atoms with Crippen LogP contribution < -0.4 is 4.72 Å². The standard InChI is InChI=1S/C12H6BrCl2F2NO2S/c13-6-3-8(14)12(9(15)4-6)21(19,20)18-7-1-2-10(16)11(17)5-7/h1-5,18H. The molecule has 0 spiro atoms. The van der Waals surface area contributed by atoms with Gasteiger partial charge in [-0.25, -0.2) is 17.2 Å². The molecule has 0 unspecified atom stereocenters. The molecule has 0 aromatic heterocycles. The Labute approximate surface area is 138 Å². The summed E-state index contributed by atoms with van der Waals surface area (Å²) >= 11 is 14.9. The van der Waals surface area contributed by atoms with Crippen molar-refractivity contribution < 1.29 is 17.2 Å². The van der Waals surface area contributed by atoms with E-state index >= 15 is 0 Å². The number of anilines is 1. The lowest BCUT2D eigenvalue weighted by molar-refractivity contribution is 0.509. The second-order valence-electron chi connectivity index (χ2n) is 3.93. The molecule has 0 atom stereocenters. The van der Waals surface area contributed by atoms with Crippen LogP contribution in [0.4, 0.5) is 14.5 Å². The van der Waals surface area contributed by atoms with Crippen LogP contribution in [0, 0.1) is 11.6 Å². The molecule has 2 rings (SSSR count). The summed E-state index contributed by atoms with van der Waals surface area (Å²) in [6.07, 6.45) is 0. The third kappa shape index (κ3) is 3.66. The molecule has 0 aliphatic rings. The van der Waals surface area contributed by atoms with Gasteiger partial charge in [-0.05, 0) is 24.3 Å². The molecule has 0 amide bonds. The molecule has 3 nitrogen and oxygen atoms in total. The van der Waals surface area contributed by atoms with E-state index in [1.54, 1.807) is 0 Å². The highest BCUT2D eigenvalue weighted by Crippen LogP contribution is 2.34. The Morgan fingerprint density at radius 1 is 1.00 bits per heavy atom. The van der Waals surface area contributed by atoms with Gasteiger partial charge < -0.3 is 0 Å². The summed E-state index contributed by atoms with van der Waals surface area (Å²) in [5.41, 5.74) is -0.149. The molecule has 0 radical (unpaired) electrons. The minimum Gasteiger partial charge on any atom is -0.279 e. The van der Waals surface area contributed by atoms with E-state index in [1.165, 1.54) is 12.1 Å². The van der Waals surface area contributed by atoms with Crippen LogP contribution in [-0.4, -0.2) is 8.42 Å². The Kier molecular flexibility index (Phi) is 4.77. The van der Waals surface area contributed by atoms with Crippen molar-refractivity contribution in [2.45, 2.75) is 4.90 Å². The first-order valence-corrected chi connectivity index (χ1v) is 8.36. The maximum Gasteiger partial charge on any atom is 0.264 e. The van der Waals surface area contributed by atoms with E-state index in [1.807, 2.05) is 0 Å². The highest BCUT2D eigenvalue weighted by Gasteiger charge is 2.23. The molecule has 112 valence electrons. The average Bonchev–Trinajstić information content (AvgIpc) is 2.31. The van der Waals surface area contributed by atoms with Crippen LogP contribution in [0.25, 0.3) is 0 Å². The van der Waals surface area contributed by atoms with Crippen molar-refractivity contribution in [3.8, 4) is 0 Å². The monoisotopic (exact) mass is 415 g/mol. The maximum absolute atomic E-state index is 13.1. The Morgan fingerprint density at radius 2 is 1.57 bits per heavy atom. The Bertz CT molecular complexity index is 792. The molecule has 9 heteroatoms. The Morgan fingerprint density at radius 3 is 2.10 bits per heavy atom. The van der Waals surface area contributed by atoms with Crippen molar-refractivity contribution in [1.82, 2.24) is 0 Å². The number of halogens is 5. The predicted octanol–water partition coefficient (Wildman–Crippen LogP) is 4.83. The van der Waals surface area contributed by atoms with Crippen molar-refractivity contribution in [3.05, 3.63) is 56.5 Å². The van der Waals surface area contributed by atoms with Gasteiger partial charge in [0.05, 0.1) is 15.7 Å². The summed E-state index contributed by atoms with van der Waals surface area (Å²) in [5, 5.41) is -0.214. The second kappa shape index (κ2) is 6.08. The summed E-state index contributed by atoms with van der Waals surface area (Å²) in [4.78, 5) is -0.348. The number of rotatable bonds is 3. The molecule has 0 aliphatic carbocycles. The van der Waals surface area contributed by atoms with Gasteiger partial charge in [-0.15, -0.1) is 0 Å². The first-order chi connectivity index (χ1) is 9.70. The average molecular weight is 417 g/mol. The summed E-state index contributed by atoms with van der Waals surface area (Å²) in [6.45, 7) is 0. The van der Waals surface area contributed by atoms with E-state index in [9.17, 15) is 17.2 Å². The second-order valence-corrected chi connectivity index (χ2v) is 7.28. The van der Waals surface area contributed by atoms with Gasteiger partial charge in [0.25, 0.3) is 10.0 Å². The fourth-order valence-electron chi connectivity index (χ4n) is 1.55. The van der Waals surface area contributed by atoms with Crippen LogP contribution in [-0.2, 0) is 10.0 Å². The number of benzene rings is 2. The summed E-state index contributed by atoms with van der Waals surface area (Å²) < 4.78 is 53.0. The van der Waals surface area contributed by atoms with Gasteiger partial charge in [-0.3, -0.25) is 4.72 Å². The summed E-state index contributed by atoms with van der Waals surface area (Å²) in [5.74, 6) is -2.26. The summed E-state index contributed by atoms with van der Waals surface area (Å²) in [6, 6.07) is 5.31. The quantitative estimate of drug-likeness (QED) is 0.778. The molecule has 1 N–H and O–H groups in total. The smallest absolute Gasteiger partial charge is 0.264 e. The number of hydrogen-bond acceptors (Lipinski definition) is 2. The van der Waals surface area contributed by atoms with Crippen molar-refractivity contribution >= 4 is 54.8 Å². The Hall–Kier alpha value is -0.890. The molecular formula is C12H6BrCl2F2NO2S. The number of hydrogen-bond donors (Lipinski definition) is 1. The van der Waals surface area contributed by atoms with Crippen LogP contribution in [0.2, 0.25) is 10.0 Å². The Balaban J connectivity index is 2.46. The first kappa shape index (κ1) is 16.5. The minimum absolute atomic E-state index is 0.107. The highest BCUT2D eigenvalue weighted by atomic mass is 79.9. The third-order valence-electron chi connectivity index (χ3n) is 2.40. The molecule has 0 aliphatic heterocycles. The molecule has 2 aromatic rings. The molecule has 0 saturated carbocycles. The van der Waals surface area contributed by atoms with Gasteiger partial charge in [0, 0.05) is 10.5 Å². The zero-order chi connectivity index (χ0) is 15.8. The molecule has 0 heterocycles. The molecule has 0 fully saturated rings. The van der Waals surface area contributed by atoms with Crippen LogP contribution in [0.15, 0.2) is 39.7 Å². The fourth-order valence-corrected chi connectivity index (χ4v) is 4.54. The normalized spacial score (nSPS) is 11.5. The van der Waals surface area contributed by atoms with E-state index in [4.69, 9.17) is 23.2 Å². The third-order valence-corrected chi connectivity index (χ3v) is 5.16. The van der Waals surface area contributed by atoms with Gasteiger partial charge in [0.2, 0.25) is 0 Å². The van der Waals surface area contributed by atoms with Crippen LogP contribution >= 0.6 is 39.1 Å². The van der Waals surface area contributed by atoms with E-state index in [0.29, 0.717) is 10.5 Å². The van der Waals surface area contributed by atoms with Gasteiger partial charge in [-0.2, -0.15) is 0 Å². The van der Waals surface area contributed by atoms with Crippen LogP contribution in [0.1, 0.15) is 0 Å².